The fourth-order valence-corrected chi connectivity index (χ4v) is 3.07. The number of rotatable bonds is 4. The van der Waals surface area contributed by atoms with Crippen LogP contribution >= 0.6 is 22.7 Å². The molecule has 0 aliphatic carbocycles. The Balaban J connectivity index is 2.03. The van der Waals surface area contributed by atoms with Gasteiger partial charge >= 0.3 is 0 Å². The number of hydrogen-bond donors (Lipinski definition) is 2. The molecule has 0 unspecified atom stereocenters. The Hall–Kier alpha value is -1.40. The highest BCUT2D eigenvalue weighted by Gasteiger charge is 2.05. The normalized spacial score (nSPS) is 10.4. The molecule has 0 aliphatic rings. The number of thiazole rings is 1. The molecule has 90 valence electrons. The highest BCUT2D eigenvalue weighted by molar-refractivity contribution is 7.16. The van der Waals surface area contributed by atoms with Gasteiger partial charge in [0, 0.05) is 23.2 Å². The average molecular weight is 266 g/mol. The van der Waals surface area contributed by atoms with Gasteiger partial charge in [-0.25, -0.2) is 4.98 Å². The van der Waals surface area contributed by atoms with Crippen molar-refractivity contribution in [3.63, 3.8) is 0 Å². The second kappa shape index (κ2) is 5.29. The van der Waals surface area contributed by atoms with Crippen LogP contribution in [0.25, 0.3) is 10.6 Å². The van der Waals surface area contributed by atoms with Crippen LogP contribution in [0.15, 0.2) is 22.5 Å². The van der Waals surface area contributed by atoms with E-state index in [0.717, 1.165) is 17.1 Å². The summed E-state index contributed by atoms with van der Waals surface area (Å²) in [6, 6.07) is 4.21. The van der Waals surface area contributed by atoms with Crippen molar-refractivity contribution in [3.05, 3.63) is 27.4 Å². The standard InChI is InChI=1S/C11H14N4S2/c1-7-15-9(6-16-7)10-3-2-8(17-10)4-5-14-11(12)13/h2-3,6H,4-5H2,1H3,(H4,12,13,14). The molecule has 4 nitrogen and oxygen atoms in total. The van der Waals surface area contributed by atoms with E-state index in [1.165, 1.54) is 9.75 Å². The number of aryl methyl sites for hydroxylation is 1. The Labute approximate surface area is 108 Å². The van der Waals surface area contributed by atoms with Crippen LogP contribution in [0.4, 0.5) is 0 Å². The summed E-state index contributed by atoms with van der Waals surface area (Å²) in [5.74, 6) is 0.150. The predicted octanol–water partition coefficient (Wildman–Crippen LogP) is 2.00. The van der Waals surface area contributed by atoms with Crippen molar-refractivity contribution >= 4 is 28.6 Å². The maximum atomic E-state index is 5.28. The monoisotopic (exact) mass is 266 g/mol. The van der Waals surface area contributed by atoms with Gasteiger partial charge in [-0.3, -0.25) is 4.99 Å². The van der Waals surface area contributed by atoms with E-state index in [1.807, 2.05) is 6.92 Å². The van der Waals surface area contributed by atoms with Gasteiger partial charge in [-0.1, -0.05) is 0 Å². The second-order valence-corrected chi connectivity index (χ2v) is 5.80. The van der Waals surface area contributed by atoms with Crippen LogP contribution in [0, 0.1) is 6.92 Å². The summed E-state index contributed by atoms with van der Waals surface area (Å²) < 4.78 is 0. The molecule has 2 aromatic rings. The number of nitrogens with two attached hydrogens (primary N) is 2. The lowest BCUT2D eigenvalue weighted by Gasteiger charge is -1.93. The maximum absolute atomic E-state index is 5.28. The summed E-state index contributed by atoms with van der Waals surface area (Å²) in [6.45, 7) is 2.65. The van der Waals surface area contributed by atoms with Gasteiger partial charge < -0.3 is 11.5 Å². The van der Waals surface area contributed by atoms with Crippen LogP contribution in [-0.2, 0) is 6.42 Å². The second-order valence-electron chi connectivity index (χ2n) is 3.57. The summed E-state index contributed by atoms with van der Waals surface area (Å²) in [5.41, 5.74) is 11.6. The number of thiophene rings is 1. The zero-order valence-corrected chi connectivity index (χ0v) is 11.1. The van der Waals surface area contributed by atoms with E-state index in [1.54, 1.807) is 22.7 Å². The molecular weight excluding hydrogens is 252 g/mol. The fraction of sp³-hybridized carbons (Fsp3) is 0.273. The summed E-state index contributed by atoms with van der Waals surface area (Å²) in [7, 11) is 0. The van der Waals surface area contributed by atoms with E-state index in [2.05, 4.69) is 27.5 Å². The smallest absolute Gasteiger partial charge is 0.185 e. The summed E-state index contributed by atoms with van der Waals surface area (Å²) in [5, 5.41) is 3.18. The summed E-state index contributed by atoms with van der Waals surface area (Å²) >= 11 is 3.42. The first-order valence-electron chi connectivity index (χ1n) is 5.22. The van der Waals surface area contributed by atoms with Crippen LogP contribution in [0.3, 0.4) is 0 Å². The molecular formula is C11H14N4S2. The SMILES string of the molecule is Cc1nc(-c2ccc(CCN=C(N)N)s2)cs1. The minimum Gasteiger partial charge on any atom is -0.370 e. The quantitative estimate of drug-likeness (QED) is 0.656. The van der Waals surface area contributed by atoms with Crippen molar-refractivity contribution < 1.29 is 0 Å². The molecule has 0 fully saturated rings. The van der Waals surface area contributed by atoms with Crippen molar-refractivity contribution in [3.8, 4) is 10.6 Å². The Morgan fingerprint density at radius 3 is 2.88 bits per heavy atom. The number of guanidine groups is 1. The van der Waals surface area contributed by atoms with Crippen molar-refractivity contribution in [1.29, 1.82) is 0 Å². The van der Waals surface area contributed by atoms with E-state index >= 15 is 0 Å². The number of aromatic nitrogens is 1. The van der Waals surface area contributed by atoms with Crippen molar-refractivity contribution in [2.24, 2.45) is 16.5 Å². The largest absolute Gasteiger partial charge is 0.370 e. The van der Waals surface area contributed by atoms with E-state index in [0.29, 0.717) is 6.54 Å². The third-order valence-corrected chi connectivity index (χ3v) is 4.13. The van der Waals surface area contributed by atoms with E-state index in [-0.39, 0.29) is 5.96 Å². The number of aliphatic imine (C=N–C) groups is 1. The zero-order chi connectivity index (χ0) is 12.3. The topological polar surface area (TPSA) is 77.3 Å². The molecule has 0 saturated carbocycles. The van der Waals surface area contributed by atoms with Crippen molar-refractivity contribution in [2.45, 2.75) is 13.3 Å². The first-order valence-corrected chi connectivity index (χ1v) is 6.91. The molecule has 2 heterocycles. The Morgan fingerprint density at radius 2 is 2.24 bits per heavy atom. The van der Waals surface area contributed by atoms with Gasteiger partial charge in [-0.05, 0) is 19.1 Å². The predicted molar refractivity (Wildman–Crippen MR) is 74.5 cm³/mol. The van der Waals surface area contributed by atoms with E-state index in [4.69, 9.17) is 11.5 Å². The molecule has 2 aromatic heterocycles. The number of hydrogen-bond acceptors (Lipinski definition) is 4. The van der Waals surface area contributed by atoms with Crippen LogP contribution in [0.2, 0.25) is 0 Å². The Bertz CT molecular complexity index is 523. The van der Waals surface area contributed by atoms with Gasteiger partial charge in [0.2, 0.25) is 0 Å². The van der Waals surface area contributed by atoms with Crippen LogP contribution in [-0.4, -0.2) is 17.5 Å². The van der Waals surface area contributed by atoms with Crippen molar-refractivity contribution in [2.75, 3.05) is 6.54 Å². The maximum Gasteiger partial charge on any atom is 0.185 e. The molecule has 0 spiro atoms. The molecule has 17 heavy (non-hydrogen) atoms. The van der Waals surface area contributed by atoms with Crippen LogP contribution < -0.4 is 11.5 Å². The molecule has 2 rings (SSSR count). The highest BCUT2D eigenvalue weighted by atomic mass is 32.1. The van der Waals surface area contributed by atoms with Crippen LogP contribution in [0.1, 0.15) is 9.88 Å². The summed E-state index contributed by atoms with van der Waals surface area (Å²) in [6.07, 6.45) is 0.867. The Kier molecular flexibility index (Phi) is 3.75. The lowest BCUT2D eigenvalue weighted by Crippen LogP contribution is -2.23. The molecule has 0 saturated heterocycles. The minimum atomic E-state index is 0.150. The first kappa shape index (κ1) is 12.1. The first-order chi connectivity index (χ1) is 8.15. The third kappa shape index (κ3) is 3.28. The average Bonchev–Trinajstić information content (AvgIpc) is 2.86. The van der Waals surface area contributed by atoms with Gasteiger partial charge in [0.25, 0.3) is 0 Å². The third-order valence-electron chi connectivity index (χ3n) is 2.19. The van der Waals surface area contributed by atoms with Crippen LogP contribution in [0.5, 0.6) is 0 Å². The summed E-state index contributed by atoms with van der Waals surface area (Å²) in [4.78, 5) is 10.9. The minimum absolute atomic E-state index is 0.150. The lowest BCUT2D eigenvalue weighted by molar-refractivity contribution is 0.981. The van der Waals surface area contributed by atoms with Gasteiger partial charge in [0.1, 0.15) is 0 Å². The zero-order valence-electron chi connectivity index (χ0n) is 9.51. The fourth-order valence-electron chi connectivity index (χ4n) is 1.42. The molecule has 0 aliphatic heterocycles. The van der Waals surface area contributed by atoms with Gasteiger partial charge in [0.05, 0.1) is 15.6 Å². The van der Waals surface area contributed by atoms with Gasteiger partial charge in [0.15, 0.2) is 5.96 Å². The van der Waals surface area contributed by atoms with Gasteiger partial charge in [-0.2, -0.15) is 0 Å². The van der Waals surface area contributed by atoms with Gasteiger partial charge in [-0.15, -0.1) is 22.7 Å². The molecule has 0 amide bonds. The highest BCUT2D eigenvalue weighted by Crippen LogP contribution is 2.29. The lowest BCUT2D eigenvalue weighted by atomic mass is 10.3. The number of nitrogens with zero attached hydrogens (tertiary/aromatic N) is 2. The molecule has 0 atom stereocenters. The molecule has 6 heteroatoms. The molecule has 4 N–H and O–H groups in total. The van der Waals surface area contributed by atoms with E-state index in [9.17, 15) is 0 Å². The molecule has 0 bridgehead atoms. The Morgan fingerprint density at radius 1 is 1.41 bits per heavy atom. The van der Waals surface area contributed by atoms with E-state index < -0.39 is 0 Å². The molecule has 0 radical (unpaired) electrons. The van der Waals surface area contributed by atoms with Crippen molar-refractivity contribution in [1.82, 2.24) is 4.98 Å². The molecule has 0 aromatic carbocycles.